The molecule has 3 aromatic rings. The fourth-order valence-electron chi connectivity index (χ4n) is 3.04. The molecular formula is C18H15N3O2S2. The van der Waals surface area contributed by atoms with Gasteiger partial charge in [0.25, 0.3) is 11.1 Å². The highest BCUT2D eigenvalue weighted by molar-refractivity contribution is 8.18. The number of fused-ring (bicyclic) bond motifs is 1. The van der Waals surface area contributed by atoms with E-state index in [2.05, 4.69) is 15.3 Å². The number of rotatable bonds is 4. The van der Waals surface area contributed by atoms with Crippen molar-refractivity contribution in [3.63, 3.8) is 0 Å². The van der Waals surface area contributed by atoms with Crippen molar-refractivity contribution in [1.29, 1.82) is 0 Å². The summed E-state index contributed by atoms with van der Waals surface area (Å²) in [5, 5.41) is 3.12. The number of aryl methyl sites for hydroxylation is 2. The number of benzene rings is 1. The molecule has 3 heterocycles. The Balaban J connectivity index is 1.80. The van der Waals surface area contributed by atoms with Crippen LogP contribution in [0.5, 0.6) is 0 Å². The van der Waals surface area contributed by atoms with E-state index in [0.29, 0.717) is 11.3 Å². The van der Waals surface area contributed by atoms with Gasteiger partial charge in [0.05, 0.1) is 16.1 Å². The van der Waals surface area contributed by atoms with Crippen molar-refractivity contribution < 1.29 is 9.59 Å². The normalized spacial score (nSPS) is 16.5. The number of thioether (sulfide) groups is 1. The molecule has 0 spiro atoms. The van der Waals surface area contributed by atoms with E-state index in [1.165, 1.54) is 4.88 Å². The van der Waals surface area contributed by atoms with Gasteiger partial charge in [-0.3, -0.25) is 14.9 Å². The second-order valence-corrected chi connectivity index (χ2v) is 7.68. The number of nitrogens with one attached hydrogen (secondary N) is 2. The van der Waals surface area contributed by atoms with E-state index < -0.39 is 0 Å². The maximum Gasteiger partial charge on any atom is 0.290 e. The molecule has 0 radical (unpaired) electrons. The molecule has 4 rings (SSSR count). The van der Waals surface area contributed by atoms with Crippen LogP contribution in [-0.2, 0) is 11.2 Å². The number of nitrogens with zero attached hydrogens (tertiary/aromatic N) is 1. The first-order valence-electron chi connectivity index (χ1n) is 7.85. The number of carbonyl (C=O) groups excluding carboxylic acids is 2. The van der Waals surface area contributed by atoms with Crippen molar-refractivity contribution in [1.82, 2.24) is 15.3 Å². The highest BCUT2D eigenvalue weighted by atomic mass is 32.2. The summed E-state index contributed by atoms with van der Waals surface area (Å²) in [6.45, 7) is 1.99. The molecule has 0 saturated carbocycles. The topological polar surface area (TPSA) is 74.8 Å². The minimum absolute atomic E-state index is 0.307. The van der Waals surface area contributed by atoms with Crippen molar-refractivity contribution in [2.45, 2.75) is 19.8 Å². The summed E-state index contributed by atoms with van der Waals surface area (Å²) in [4.78, 5) is 33.2. The molecule has 5 nitrogen and oxygen atoms in total. The average Bonchev–Trinajstić information content (AvgIpc) is 3.29. The first-order valence-corrected chi connectivity index (χ1v) is 9.55. The van der Waals surface area contributed by atoms with Gasteiger partial charge in [0, 0.05) is 22.0 Å². The van der Waals surface area contributed by atoms with Crippen LogP contribution in [0.2, 0.25) is 0 Å². The number of hydrogen-bond donors (Lipinski definition) is 2. The average molecular weight is 369 g/mol. The summed E-state index contributed by atoms with van der Waals surface area (Å²) in [6, 6.07) is 7.98. The third-order valence-electron chi connectivity index (χ3n) is 4.26. The van der Waals surface area contributed by atoms with Crippen LogP contribution in [0, 0.1) is 6.92 Å². The fourth-order valence-corrected chi connectivity index (χ4v) is 4.63. The molecule has 0 unspecified atom stereocenters. The molecule has 2 amide bonds. The Morgan fingerprint density at radius 3 is 2.84 bits per heavy atom. The molecule has 0 atom stereocenters. The van der Waals surface area contributed by atoms with E-state index >= 15 is 0 Å². The monoisotopic (exact) mass is 369 g/mol. The molecular weight excluding hydrogens is 354 g/mol. The number of hydrogen-bond acceptors (Lipinski definition) is 5. The second-order valence-electron chi connectivity index (χ2n) is 5.76. The van der Waals surface area contributed by atoms with Crippen LogP contribution in [0.4, 0.5) is 4.79 Å². The van der Waals surface area contributed by atoms with Gasteiger partial charge in [0.2, 0.25) is 0 Å². The summed E-state index contributed by atoms with van der Waals surface area (Å²) in [7, 11) is 0. The van der Waals surface area contributed by atoms with Crippen LogP contribution in [-0.4, -0.2) is 21.1 Å². The van der Waals surface area contributed by atoms with Crippen molar-refractivity contribution >= 4 is 50.7 Å². The molecule has 1 aliphatic rings. The summed E-state index contributed by atoms with van der Waals surface area (Å²) in [5.41, 5.74) is 5.78. The van der Waals surface area contributed by atoms with Gasteiger partial charge in [-0.1, -0.05) is 12.1 Å². The highest BCUT2D eigenvalue weighted by Crippen LogP contribution is 2.37. The SMILES string of the molecule is Cc1ncsc1CC/C(=C1\SC(=O)NC1=O)c1cccc2[nH]ccc12. The summed E-state index contributed by atoms with van der Waals surface area (Å²) in [5.74, 6) is -0.307. The third kappa shape index (κ3) is 3.01. The Labute approximate surface area is 152 Å². The number of thiazole rings is 1. The van der Waals surface area contributed by atoms with Crippen LogP contribution in [0.25, 0.3) is 16.5 Å². The second kappa shape index (κ2) is 6.50. The standard InChI is InChI=1S/C18H15N3O2S2/c1-10-15(24-9-20-10)6-5-13(16-17(22)21-18(23)25-16)11-3-2-4-14-12(11)7-8-19-14/h2-4,7-9,19H,5-6H2,1H3,(H,21,22,23)/b16-13+. The van der Waals surface area contributed by atoms with E-state index in [-0.39, 0.29) is 11.1 Å². The Kier molecular flexibility index (Phi) is 4.19. The zero-order valence-corrected chi connectivity index (χ0v) is 15.1. The maximum atomic E-state index is 12.3. The summed E-state index contributed by atoms with van der Waals surface area (Å²) >= 11 is 2.61. The molecule has 126 valence electrons. The predicted octanol–water partition coefficient (Wildman–Crippen LogP) is 4.26. The van der Waals surface area contributed by atoms with Gasteiger partial charge in [-0.05, 0) is 54.8 Å². The predicted molar refractivity (Wildman–Crippen MR) is 102 cm³/mol. The van der Waals surface area contributed by atoms with E-state index in [0.717, 1.165) is 45.9 Å². The van der Waals surface area contributed by atoms with Crippen molar-refractivity contribution in [2.24, 2.45) is 0 Å². The third-order valence-corrected chi connectivity index (χ3v) is 6.18. The van der Waals surface area contributed by atoms with Gasteiger partial charge >= 0.3 is 0 Å². The van der Waals surface area contributed by atoms with Gasteiger partial charge in [0.15, 0.2) is 0 Å². The van der Waals surface area contributed by atoms with Crippen LogP contribution in [0.15, 0.2) is 40.9 Å². The molecule has 1 aliphatic heterocycles. The lowest BCUT2D eigenvalue weighted by atomic mass is 9.96. The fraction of sp³-hybridized carbons (Fsp3) is 0.167. The van der Waals surface area contributed by atoms with Gasteiger partial charge < -0.3 is 4.98 Å². The summed E-state index contributed by atoms with van der Waals surface area (Å²) < 4.78 is 0. The van der Waals surface area contributed by atoms with Gasteiger partial charge in [-0.15, -0.1) is 11.3 Å². The van der Waals surface area contributed by atoms with E-state index in [4.69, 9.17) is 0 Å². The minimum atomic E-state index is -0.312. The largest absolute Gasteiger partial charge is 0.361 e. The molecule has 1 aromatic carbocycles. The van der Waals surface area contributed by atoms with Crippen LogP contribution in [0.3, 0.4) is 0 Å². The van der Waals surface area contributed by atoms with E-state index in [1.54, 1.807) is 11.3 Å². The smallest absolute Gasteiger partial charge is 0.290 e. The quantitative estimate of drug-likeness (QED) is 0.674. The first-order chi connectivity index (χ1) is 12.1. The Morgan fingerprint density at radius 2 is 2.12 bits per heavy atom. The number of H-pyrrole nitrogens is 1. The van der Waals surface area contributed by atoms with Crippen LogP contribution in [0.1, 0.15) is 22.6 Å². The Morgan fingerprint density at radius 1 is 1.24 bits per heavy atom. The molecule has 25 heavy (non-hydrogen) atoms. The molecule has 1 saturated heterocycles. The van der Waals surface area contributed by atoms with Gasteiger partial charge in [-0.2, -0.15) is 0 Å². The van der Waals surface area contributed by atoms with Crippen molar-refractivity contribution in [2.75, 3.05) is 0 Å². The first kappa shape index (κ1) is 16.1. The molecule has 2 aromatic heterocycles. The zero-order valence-electron chi connectivity index (χ0n) is 13.5. The van der Waals surface area contributed by atoms with Gasteiger partial charge in [-0.25, -0.2) is 4.98 Å². The lowest BCUT2D eigenvalue weighted by Crippen LogP contribution is -2.18. The zero-order chi connectivity index (χ0) is 17.4. The van der Waals surface area contributed by atoms with E-state index in [9.17, 15) is 9.59 Å². The summed E-state index contributed by atoms with van der Waals surface area (Å²) in [6.07, 6.45) is 3.35. The molecule has 2 N–H and O–H groups in total. The highest BCUT2D eigenvalue weighted by Gasteiger charge is 2.29. The number of aromatic nitrogens is 2. The number of amides is 2. The Hall–Kier alpha value is -2.38. The lowest BCUT2D eigenvalue weighted by Gasteiger charge is -2.11. The number of imide groups is 1. The molecule has 7 heteroatoms. The number of aromatic amines is 1. The Bertz CT molecular complexity index is 1020. The molecule has 0 aliphatic carbocycles. The molecule has 1 fully saturated rings. The number of allylic oxidation sites excluding steroid dienone is 1. The van der Waals surface area contributed by atoms with Crippen LogP contribution >= 0.6 is 23.1 Å². The number of carbonyl (C=O) groups is 2. The van der Waals surface area contributed by atoms with Crippen molar-refractivity contribution in [3.8, 4) is 0 Å². The van der Waals surface area contributed by atoms with Gasteiger partial charge in [0.1, 0.15) is 0 Å². The minimum Gasteiger partial charge on any atom is -0.361 e. The van der Waals surface area contributed by atoms with Crippen LogP contribution < -0.4 is 5.32 Å². The van der Waals surface area contributed by atoms with E-state index in [1.807, 2.05) is 42.9 Å². The maximum absolute atomic E-state index is 12.3. The van der Waals surface area contributed by atoms with Crippen molar-refractivity contribution in [3.05, 3.63) is 57.0 Å². The molecule has 0 bridgehead atoms. The lowest BCUT2D eigenvalue weighted by molar-refractivity contribution is -0.115.